The Balaban J connectivity index is 1.84. The van der Waals surface area contributed by atoms with Crippen LogP contribution >= 0.6 is 0 Å². The number of carbonyl (C=O) groups excluding carboxylic acids is 2. The fourth-order valence-electron chi connectivity index (χ4n) is 3.95. The lowest BCUT2D eigenvalue weighted by Gasteiger charge is -2.14. The molecule has 10 nitrogen and oxygen atoms in total. The lowest BCUT2D eigenvalue weighted by molar-refractivity contribution is 0.0602. The number of nitrogens with two attached hydrogens (primary N) is 1. The molecule has 0 atom stereocenters. The second-order valence-electron chi connectivity index (χ2n) is 7.85. The summed E-state index contributed by atoms with van der Waals surface area (Å²) in [5, 5.41) is 3.75. The summed E-state index contributed by atoms with van der Waals surface area (Å²) >= 11 is 0. The smallest absolute Gasteiger partial charge is 0.465 e. The molecule has 0 saturated heterocycles. The number of benzene rings is 3. The van der Waals surface area contributed by atoms with Crippen LogP contribution in [0.4, 0.5) is 4.79 Å². The minimum atomic E-state index is -0.984. The summed E-state index contributed by atoms with van der Waals surface area (Å²) < 4.78 is 17.1. The second-order valence-corrected chi connectivity index (χ2v) is 7.85. The van der Waals surface area contributed by atoms with E-state index in [4.69, 9.17) is 20.0 Å². The van der Waals surface area contributed by atoms with Crippen molar-refractivity contribution < 1.29 is 28.6 Å². The number of ether oxygens (including phenoxy) is 3. The van der Waals surface area contributed by atoms with Crippen molar-refractivity contribution in [3.8, 4) is 17.1 Å². The third kappa shape index (κ3) is 5.37. The third-order valence-electron chi connectivity index (χ3n) is 5.58. The number of hydrogen-bond acceptors (Lipinski definition) is 8. The average Bonchev–Trinajstić information content (AvgIpc) is 3.28. The lowest BCUT2D eigenvalue weighted by atomic mass is 9.96. The van der Waals surface area contributed by atoms with Gasteiger partial charge in [0.25, 0.3) is 6.01 Å². The molecule has 10 heteroatoms. The number of esters is 1. The number of imidazole rings is 1. The molecule has 4 rings (SSSR count). The van der Waals surface area contributed by atoms with E-state index in [0.29, 0.717) is 41.3 Å². The fraction of sp³-hybridized carbons (Fsp3) is 0.185. The third-order valence-corrected chi connectivity index (χ3v) is 5.58. The minimum Gasteiger partial charge on any atom is -0.465 e. The maximum Gasteiger partial charge on any atom is 0.534 e. The SMILES string of the molecule is CCOc1nc2cccc(C(=O)OC)c2n1Cc1ccc(-c2ccccc2)c(/C(N)=N/OC(=O)OC)c1. The minimum absolute atomic E-state index is 0.0122. The van der Waals surface area contributed by atoms with Gasteiger partial charge in [0, 0.05) is 5.56 Å². The molecule has 0 aliphatic heterocycles. The average molecular weight is 503 g/mol. The summed E-state index contributed by atoms with van der Waals surface area (Å²) in [6.45, 7) is 2.54. The van der Waals surface area contributed by atoms with E-state index >= 15 is 0 Å². The number of rotatable bonds is 8. The van der Waals surface area contributed by atoms with Crippen LogP contribution in [0, 0.1) is 0 Å². The summed E-state index contributed by atoms with van der Waals surface area (Å²) in [7, 11) is 2.51. The van der Waals surface area contributed by atoms with E-state index in [0.717, 1.165) is 16.7 Å². The van der Waals surface area contributed by atoms with Gasteiger partial charge in [-0.15, -0.1) is 0 Å². The number of carbonyl (C=O) groups is 2. The Hall–Kier alpha value is -4.86. The summed E-state index contributed by atoms with van der Waals surface area (Å²) in [5.41, 5.74) is 10.8. The summed E-state index contributed by atoms with van der Waals surface area (Å²) in [6.07, 6.45) is -0.984. The zero-order valence-corrected chi connectivity index (χ0v) is 20.6. The second kappa shape index (κ2) is 11.3. The zero-order chi connectivity index (χ0) is 26.4. The van der Waals surface area contributed by atoms with E-state index < -0.39 is 12.1 Å². The van der Waals surface area contributed by atoms with Crippen LogP contribution in [0.2, 0.25) is 0 Å². The highest BCUT2D eigenvalue weighted by Gasteiger charge is 2.20. The summed E-state index contributed by atoms with van der Waals surface area (Å²) in [6, 6.07) is 20.9. The molecule has 3 aromatic carbocycles. The molecule has 2 N–H and O–H groups in total. The molecule has 1 aromatic heterocycles. The van der Waals surface area contributed by atoms with E-state index in [1.807, 2.05) is 60.0 Å². The van der Waals surface area contributed by atoms with Crippen molar-refractivity contribution in [1.82, 2.24) is 9.55 Å². The van der Waals surface area contributed by atoms with Crippen LogP contribution < -0.4 is 10.5 Å². The van der Waals surface area contributed by atoms with E-state index in [-0.39, 0.29) is 5.84 Å². The first-order valence-corrected chi connectivity index (χ1v) is 11.4. The quantitative estimate of drug-likeness (QED) is 0.124. The van der Waals surface area contributed by atoms with Crippen LogP contribution in [0.1, 0.15) is 28.4 Å². The van der Waals surface area contributed by atoms with Gasteiger partial charge in [0.05, 0.1) is 44.0 Å². The zero-order valence-electron chi connectivity index (χ0n) is 20.6. The fourth-order valence-corrected chi connectivity index (χ4v) is 3.95. The molecule has 1 heterocycles. The molecule has 0 saturated carbocycles. The maximum atomic E-state index is 12.5. The molecular weight excluding hydrogens is 476 g/mol. The van der Waals surface area contributed by atoms with Gasteiger partial charge in [0.15, 0.2) is 5.84 Å². The van der Waals surface area contributed by atoms with Crippen LogP contribution in [0.3, 0.4) is 0 Å². The number of methoxy groups -OCH3 is 2. The van der Waals surface area contributed by atoms with Gasteiger partial charge in [-0.05, 0) is 41.8 Å². The number of hydrogen-bond donors (Lipinski definition) is 1. The highest BCUT2D eigenvalue weighted by Crippen LogP contribution is 2.29. The van der Waals surface area contributed by atoms with Gasteiger partial charge in [-0.2, -0.15) is 4.98 Å². The molecule has 0 unspecified atom stereocenters. The van der Waals surface area contributed by atoms with Crippen molar-refractivity contribution in [2.45, 2.75) is 13.5 Å². The van der Waals surface area contributed by atoms with Crippen molar-refractivity contribution in [3.05, 3.63) is 83.4 Å². The Morgan fingerprint density at radius 2 is 1.76 bits per heavy atom. The van der Waals surface area contributed by atoms with Crippen LogP contribution in [0.5, 0.6) is 6.01 Å². The molecule has 0 spiro atoms. The number of nitrogens with zero attached hydrogens (tertiary/aromatic N) is 3. The number of para-hydroxylation sites is 1. The van der Waals surface area contributed by atoms with Crippen molar-refractivity contribution in [2.24, 2.45) is 10.9 Å². The molecule has 0 bridgehead atoms. The Bertz CT molecular complexity index is 1460. The van der Waals surface area contributed by atoms with Gasteiger partial charge in [0.1, 0.15) is 0 Å². The Morgan fingerprint density at radius 3 is 2.46 bits per heavy atom. The van der Waals surface area contributed by atoms with Crippen molar-refractivity contribution in [1.29, 1.82) is 0 Å². The lowest BCUT2D eigenvalue weighted by Crippen LogP contribution is -2.17. The van der Waals surface area contributed by atoms with Gasteiger partial charge in [-0.1, -0.05) is 53.7 Å². The predicted octanol–water partition coefficient (Wildman–Crippen LogP) is 4.34. The van der Waals surface area contributed by atoms with Gasteiger partial charge >= 0.3 is 12.1 Å². The molecule has 0 aliphatic carbocycles. The molecule has 0 radical (unpaired) electrons. The van der Waals surface area contributed by atoms with Gasteiger partial charge < -0.3 is 19.9 Å². The molecule has 4 aromatic rings. The van der Waals surface area contributed by atoms with Crippen molar-refractivity contribution in [3.63, 3.8) is 0 Å². The molecule has 0 amide bonds. The molecule has 37 heavy (non-hydrogen) atoms. The van der Waals surface area contributed by atoms with E-state index in [9.17, 15) is 9.59 Å². The molecular formula is C27H26N4O6. The molecule has 0 fully saturated rings. The number of amidine groups is 1. The first kappa shape index (κ1) is 25.2. The summed E-state index contributed by atoms with van der Waals surface area (Å²) in [5.74, 6) is -0.492. The molecule has 190 valence electrons. The van der Waals surface area contributed by atoms with E-state index in [1.54, 1.807) is 18.2 Å². The monoisotopic (exact) mass is 502 g/mol. The Kier molecular flexibility index (Phi) is 7.68. The first-order chi connectivity index (χ1) is 18.0. The van der Waals surface area contributed by atoms with Crippen LogP contribution in [-0.2, 0) is 20.9 Å². The van der Waals surface area contributed by atoms with Crippen molar-refractivity contribution >= 4 is 29.0 Å². The largest absolute Gasteiger partial charge is 0.534 e. The number of aromatic nitrogens is 2. The highest BCUT2D eigenvalue weighted by atomic mass is 16.8. The van der Waals surface area contributed by atoms with Gasteiger partial charge in [-0.25, -0.2) is 9.59 Å². The Labute approximate surface area is 213 Å². The normalized spacial score (nSPS) is 11.3. The van der Waals surface area contributed by atoms with Crippen molar-refractivity contribution in [2.75, 3.05) is 20.8 Å². The topological polar surface area (TPSA) is 127 Å². The standard InChI is InChI=1S/C27H26N4O6/c1-4-36-26-29-22-12-8-11-20(25(32)34-2)23(22)31(26)16-17-13-14-19(18-9-6-5-7-10-18)21(15-17)24(28)30-37-27(33)35-3/h5-15H,4,16H2,1-3H3,(H2,28,30). The first-order valence-electron chi connectivity index (χ1n) is 11.4. The van der Waals surface area contributed by atoms with E-state index in [2.05, 4.69) is 14.9 Å². The summed E-state index contributed by atoms with van der Waals surface area (Å²) in [4.78, 5) is 33.2. The van der Waals surface area contributed by atoms with Crippen LogP contribution in [0.15, 0.2) is 71.9 Å². The molecule has 0 aliphatic rings. The van der Waals surface area contributed by atoms with E-state index in [1.165, 1.54) is 14.2 Å². The predicted molar refractivity (Wildman–Crippen MR) is 137 cm³/mol. The Morgan fingerprint density at radius 1 is 0.973 bits per heavy atom. The highest BCUT2D eigenvalue weighted by molar-refractivity contribution is 6.04. The maximum absolute atomic E-state index is 12.5. The van der Waals surface area contributed by atoms with Gasteiger partial charge in [-0.3, -0.25) is 9.40 Å². The number of fused-ring (bicyclic) bond motifs is 1. The van der Waals surface area contributed by atoms with Crippen LogP contribution in [0.25, 0.3) is 22.2 Å². The van der Waals surface area contributed by atoms with Crippen LogP contribution in [-0.4, -0.2) is 48.3 Å². The number of oxime groups is 1. The van der Waals surface area contributed by atoms with Gasteiger partial charge in [0.2, 0.25) is 0 Å².